The second kappa shape index (κ2) is 4.44. The van der Waals surface area contributed by atoms with E-state index in [-0.39, 0.29) is 0 Å². The fourth-order valence-electron chi connectivity index (χ4n) is 1.25. The smallest absolute Gasteiger partial charge is 0.325 e. The Morgan fingerprint density at radius 1 is 1.73 bits per heavy atom. The van der Waals surface area contributed by atoms with Crippen molar-refractivity contribution in [1.29, 1.82) is 0 Å². The van der Waals surface area contributed by atoms with Crippen molar-refractivity contribution in [1.82, 2.24) is 15.1 Å². The molecule has 0 bridgehead atoms. The largest absolute Gasteiger partial charge is 0.480 e. The van der Waals surface area contributed by atoms with Crippen molar-refractivity contribution >= 4 is 5.97 Å². The van der Waals surface area contributed by atoms with Gasteiger partial charge in [-0.05, 0) is 26.0 Å². The van der Waals surface area contributed by atoms with Gasteiger partial charge < -0.3 is 10.4 Å². The number of carboxylic acid groups (broad SMARTS) is 1. The van der Waals surface area contributed by atoms with Gasteiger partial charge in [-0.15, -0.1) is 0 Å². The number of hydrogen-bond donors (Lipinski definition) is 2. The summed E-state index contributed by atoms with van der Waals surface area (Å²) in [5.41, 5.74) is 0.135. The van der Waals surface area contributed by atoms with Gasteiger partial charge in [0.1, 0.15) is 5.54 Å². The summed E-state index contributed by atoms with van der Waals surface area (Å²) in [7, 11) is 1.64. The summed E-state index contributed by atoms with van der Waals surface area (Å²) in [4.78, 5) is 11.0. The molecule has 1 unspecified atom stereocenters. The van der Waals surface area contributed by atoms with E-state index in [1.807, 2.05) is 13.1 Å². The predicted octanol–water partition coefficient (Wildman–Crippen LogP) is 0.508. The maximum absolute atomic E-state index is 11.0. The lowest BCUT2D eigenvalue weighted by Crippen LogP contribution is -2.50. The molecule has 0 radical (unpaired) electrons. The molecule has 0 spiro atoms. The lowest BCUT2D eigenvalue weighted by Gasteiger charge is -2.23. The van der Waals surface area contributed by atoms with E-state index in [4.69, 9.17) is 5.11 Å². The summed E-state index contributed by atoms with van der Waals surface area (Å²) in [6, 6.07) is 0. The van der Waals surface area contributed by atoms with Crippen LogP contribution in [0, 0.1) is 0 Å². The Kier molecular flexibility index (Phi) is 3.47. The Labute approximate surface area is 89.1 Å². The van der Waals surface area contributed by atoms with Crippen LogP contribution in [-0.2, 0) is 17.8 Å². The van der Waals surface area contributed by atoms with Crippen LogP contribution in [0.4, 0.5) is 0 Å². The first-order valence-corrected chi connectivity index (χ1v) is 4.95. The molecule has 1 aromatic heterocycles. The van der Waals surface area contributed by atoms with Gasteiger partial charge in [-0.25, -0.2) is 0 Å². The zero-order valence-corrected chi connectivity index (χ0v) is 9.32. The summed E-state index contributed by atoms with van der Waals surface area (Å²) >= 11 is 0. The third-order valence-corrected chi connectivity index (χ3v) is 2.60. The van der Waals surface area contributed by atoms with Crippen LogP contribution in [-0.4, -0.2) is 33.4 Å². The molecule has 0 fully saturated rings. The van der Waals surface area contributed by atoms with Gasteiger partial charge in [0.05, 0.1) is 12.7 Å². The molecule has 1 rings (SSSR count). The SMILES string of the molecule is CCc1cnn(CC(C)(NC)C(=O)O)c1. The lowest BCUT2D eigenvalue weighted by molar-refractivity contribution is -0.144. The number of rotatable bonds is 5. The van der Waals surface area contributed by atoms with Gasteiger partial charge in [-0.2, -0.15) is 5.10 Å². The fraction of sp³-hybridized carbons (Fsp3) is 0.600. The van der Waals surface area contributed by atoms with Gasteiger partial charge in [-0.3, -0.25) is 9.48 Å². The van der Waals surface area contributed by atoms with Crippen molar-refractivity contribution in [2.75, 3.05) is 7.05 Å². The van der Waals surface area contributed by atoms with E-state index in [2.05, 4.69) is 10.4 Å². The van der Waals surface area contributed by atoms with Crippen molar-refractivity contribution in [2.24, 2.45) is 0 Å². The molecule has 5 heteroatoms. The highest BCUT2D eigenvalue weighted by Crippen LogP contribution is 2.08. The second-order valence-corrected chi connectivity index (χ2v) is 3.79. The van der Waals surface area contributed by atoms with Crippen molar-refractivity contribution in [3.63, 3.8) is 0 Å². The monoisotopic (exact) mass is 211 g/mol. The summed E-state index contributed by atoms with van der Waals surface area (Å²) in [5, 5.41) is 16.0. The molecule has 0 aliphatic heterocycles. The van der Waals surface area contributed by atoms with E-state index in [1.54, 1.807) is 24.9 Å². The van der Waals surface area contributed by atoms with Crippen LogP contribution in [0.25, 0.3) is 0 Å². The van der Waals surface area contributed by atoms with Crippen molar-refractivity contribution in [3.05, 3.63) is 18.0 Å². The number of likely N-dealkylation sites (N-methyl/N-ethyl adjacent to an activating group) is 1. The summed E-state index contributed by atoms with van der Waals surface area (Å²) < 4.78 is 1.66. The van der Waals surface area contributed by atoms with Crippen LogP contribution in [0.3, 0.4) is 0 Å². The molecule has 1 heterocycles. The lowest BCUT2D eigenvalue weighted by atomic mass is 10.0. The number of nitrogens with one attached hydrogen (secondary N) is 1. The molecule has 0 saturated heterocycles. The van der Waals surface area contributed by atoms with Crippen LogP contribution in [0.15, 0.2) is 12.4 Å². The topological polar surface area (TPSA) is 67.2 Å². The average molecular weight is 211 g/mol. The van der Waals surface area contributed by atoms with Gasteiger partial charge >= 0.3 is 5.97 Å². The first-order valence-electron chi connectivity index (χ1n) is 4.95. The van der Waals surface area contributed by atoms with Crippen LogP contribution in [0.5, 0.6) is 0 Å². The maximum atomic E-state index is 11.0. The van der Waals surface area contributed by atoms with Crippen molar-refractivity contribution in [3.8, 4) is 0 Å². The van der Waals surface area contributed by atoms with Gasteiger partial charge in [-0.1, -0.05) is 6.92 Å². The Bertz CT molecular complexity index is 348. The van der Waals surface area contributed by atoms with Crippen LogP contribution in [0.1, 0.15) is 19.4 Å². The van der Waals surface area contributed by atoms with Gasteiger partial charge in [0, 0.05) is 6.20 Å². The van der Waals surface area contributed by atoms with Crippen LogP contribution < -0.4 is 5.32 Å². The highest BCUT2D eigenvalue weighted by molar-refractivity contribution is 5.78. The molecule has 0 aromatic carbocycles. The summed E-state index contributed by atoms with van der Waals surface area (Å²) in [5.74, 6) is -0.876. The number of aliphatic carboxylic acids is 1. The van der Waals surface area contributed by atoms with E-state index < -0.39 is 11.5 Å². The van der Waals surface area contributed by atoms with Gasteiger partial charge in [0.25, 0.3) is 0 Å². The Morgan fingerprint density at radius 2 is 2.40 bits per heavy atom. The molecule has 0 aliphatic carbocycles. The van der Waals surface area contributed by atoms with E-state index in [0.29, 0.717) is 6.54 Å². The average Bonchev–Trinajstić information content (AvgIpc) is 2.65. The van der Waals surface area contributed by atoms with Crippen molar-refractivity contribution in [2.45, 2.75) is 32.4 Å². The van der Waals surface area contributed by atoms with Crippen LogP contribution in [0.2, 0.25) is 0 Å². The van der Waals surface area contributed by atoms with Gasteiger partial charge in [0.2, 0.25) is 0 Å². The molecular formula is C10H17N3O2. The van der Waals surface area contributed by atoms with E-state index >= 15 is 0 Å². The molecule has 0 aliphatic rings. The minimum atomic E-state index is -0.975. The number of carboxylic acids is 1. The Morgan fingerprint density at radius 3 is 2.80 bits per heavy atom. The molecule has 5 nitrogen and oxygen atoms in total. The standard InChI is InChI=1S/C10H17N3O2/c1-4-8-5-12-13(6-8)7-10(2,11-3)9(14)15/h5-6,11H,4,7H2,1-3H3,(H,14,15). The minimum absolute atomic E-state index is 0.318. The number of nitrogens with zero attached hydrogens (tertiary/aromatic N) is 2. The number of carbonyl (C=O) groups is 1. The predicted molar refractivity (Wildman–Crippen MR) is 56.7 cm³/mol. The molecule has 1 aromatic rings. The maximum Gasteiger partial charge on any atom is 0.325 e. The summed E-state index contributed by atoms with van der Waals surface area (Å²) in [6.07, 6.45) is 4.54. The van der Waals surface area contributed by atoms with Gasteiger partial charge in [0.15, 0.2) is 0 Å². The fourth-order valence-corrected chi connectivity index (χ4v) is 1.25. The number of hydrogen-bond acceptors (Lipinski definition) is 3. The molecule has 0 saturated carbocycles. The second-order valence-electron chi connectivity index (χ2n) is 3.79. The number of aromatic nitrogens is 2. The first-order chi connectivity index (χ1) is 7.01. The minimum Gasteiger partial charge on any atom is -0.480 e. The third-order valence-electron chi connectivity index (χ3n) is 2.60. The Balaban J connectivity index is 2.79. The first kappa shape index (κ1) is 11.7. The van der Waals surface area contributed by atoms with E-state index in [9.17, 15) is 4.79 Å². The summed E-state index contributed by atoms with van der Waals surface area (Å²) in [6.45, 7) is 4.00. The zero-order chi connectivity index (χ0) is 11.5. The highest BCUT2D eigenvalue weighted by Gasteiger charge is 2.31. The van der Waals surface area contributed by atoms with Crippen molar-refractivity contribution < 1.29 is 9.90 Å². The highest BCUT2D eigenvalue weighted by atomic mass is 16.4. The van der Waals surface area contributed by atoms with Crippen LogP contribution >= 0.6 is 0 Å². The molecule has 1 atom stereocenters. The Hall–Kier alpha value is -1.36. The van der Waals surface area contributed by atoms with E-state index in [1.165, 1.54) is 0 Å². The normalized spacial score (nSPS) is 14.9. The molecule has 2 N–H and O–H groups in total. The third kappa shape index (κ3) is 2.56. The molecule has 84 valence electrons. The molecule has 15 heavy (non-hydrogen) atoms. The molecule has 0 amide bonds. The quantitative estimate of drug-likeness (QED) is 0.744. The number of aryl methyl sites for hydroxylation is 1. The molecular weight excluding hydrogens is 194 g/mol. The zero-order valence-electron chi connectivity index (χ0n) is 9.32. The van der Waals surface area contributed by atoms with E-state index in [0.717, 1.165) is 12.0 Å².